The Morgan fingerprint density at radius 1 is 0.600 bits per heavy atom. The smallest absolute Gasteiger partial charge is 0.0456 e. The summed E-state index contributed by atoms with van der Waals surface area (Å²) in [5.74, 6) is 0. The average Bonchev–Trinajstić information content (AvgIpc) is 2.68. The first kappa shape index (κ1) is 15.9. The number of benzene rings is 2. The fourth-order valence-electron chi connectivity index (χ4n) is 3.54. The van der Waals surface area contributed by atoms with E-state index in [4.69, 9.17) is 0 Å². The van der Waals surface area contributed by atoms with Crippen LogP contribution in [0.15, 0.2) is 58.5 Å². The summed E-state index contributed by atoms with van der Waals surface area (Å²) in [5.41, 5.74) is 5.03. The highest BCUT2D eigenvalue weighted by Gasteiger charge is 2.20. The Bertz CT molecular complexity index is 707. The van der Waals surface area contributed by atoms with E-state index >= 15 is 0 Å². The van der Waals surface area contributed by atoms with Gasteiger partial charge in [-0.25, -0.2) is 0 Å². The molecule has 4 nitrogen and oxygen atoms in total. The molecule has 2 aromatic carbocycles. The Morgan fingerprint density at radius 3 is 1.52 bits per heavy atom. The van der Waals surface area contributed by atoms with Crippen LogP contribution >= 0.6 is 0 Å². The predicted molar refractivity (Wildman–Crippen MR) is 107 cm³/mol. The number of aliphatic imine (C=N–C) groups is 2. The molecular weight excluding hydrogens is 308 g/mol. The molecule has 2 aromatic rings. The van der Waals surface area contributed by atoms with Gasteiger partial charge in [0.15, 0.2) is 0 Å². The summed E-state index contributed by atoms with van der Waals surface area (Å²) in [4.78, 5) is 14.2. The first-order valence-corrected chi connectivity index (χ1v) is 9.09. The predicted octanol–water partition coefficient (Wildman–Crippen LogP) is 3.25. The molecule has 3 aliphatic heterocycles. The van der Waals surface area contributed by atoms with Crippen LogP contribution in [0.2, 0.25) is 0 Å². The van der Waals surface area contributed by atoms with Crippen molar-refractivity contribution in [3.8, 4) is 0 Å². The number of nitrogens with zero attached hydrogens (tertiary/aromatic N) is 4. The van der Waals surface area contributed by atoms with E-state index in [1.54, 1.807) is 0 Å². The standard InChI is InChI=1S/C21H24N4/c1-3-8-20-18(6-1)16-22-10-5-11-23-17-19-7-2-4-9-21(19)25-14-12-24(20)13-15-25/h1-4,6-9,16-17H,5,10-15H2. The van der Waals surface area contributed by atoms with Crippen molar-refractivity contribution >= 4 is 23.8 Å². The molecule has 0 atom stereocenters. The highest BCUT2D eigenvalue weighted by Crippen LogP contribution is 2.25. The zero-order valence-electron chi connectivity index (χ0n) is 14.5. The van der Waals surface area contributed by atoms with E-state index in [-0.39, 0.29) is 0 Å². The second kappa shape index (κ2) is 7.51. The number of piperazine rings is 1. The molecule has 4 heteroatoms. The van der Waals surface area contributed by atoms with E-state index in [0.29, 0.717) is 0 Å². The number of hydrogen-bond acceptors (Lipinski definition) is 4. The Balaban J connectivity index is 1.66. The molecule has 128 valence electrons. The highest BCUT2D eigenvalue weighted by molar-refractivity contribution is 5.89. The van der Waals surface area contributed by atoms with Crippen LogP contribution in [0, 0.1) is 0 Å². The molecule has 0 spiro atoms. The first-order chi connectivity index (χ1) is 12.4. The SMILES string of the molecule is C1=NCCCN=Cc2ccccc2N2CCN(CC2)c2ccccc21. The third-order valence-corrected chi connectivity index (χ3v) is 4.87. The molecule has 0 N–H and O–H groups in total. The van der Waals surface area contributed by atoms with Gasteiger partial charge in [0.25, 0.3) is 0 Å². The van der Waals surface area contributed by atoms with Crippen molar-refractivity contribution in [1.82, 2.24) is 0 Å². The largest absolute Gasteiger partial charge is 0.367 e. The van der Waals surface area contributed by atoms with Crippen LogP contribution in [-0.2, 0) is 0 Å². The van der Waals surface area contributed by atoms with Crippen LogP contribution in [0.1, 0.15) is 17.5 Å². The van der Waals surface area contributed by atoms with Crippen molar-refractivity contribution in [2.75, 3.05) is 49.1 Å². The van der Waals surface area contributed by atoms with Crippen molar-refractivity contribution in [3.63, 3.8) is 0 Å². The lowest BCUT2D eigenvalue weighted by molar-refractivity contribution is 0.653. The molecule has 0 radical (unpaired) electrons. The van der Waals surface area contributed by atoms with Crippen LogP contribution < -0.4 is 9.80 Å². The molecule has 0 unspecified atom stereocenters. The fourth-order valence-corrected chi connectivity index (χ4v) is 3.54. The van der Waals surface area contributed by atoms with Gasteiger partial charge in [0, 0.05) is 74.2 Å². The summed E-state index contributed by atoms with van der Waals surface area (Å²) >= 11 is 0. The molecule has 1 saturated heterocycles. The van der Waals surface area contributed by atoms with Crippen LogP contribution in [-0.4, -0.2) is 51.7 Å². The molecule has 2 bridgehead atoms. The zero-order chi connectivity index (χ0) is 16.9. The Labute approximate surface area is 149 Å². The van der Waals surface area contributed by atoms with Gasteiger partial charge in [-0.2, -0.15) is 0 Å². The number of para-hydroxylation sites is 2. The van der Waals surface area contributed by atoms with Gasteiger partial charge in [-0.1, -0.05) is 36.4 Å². The minimum absolute atomic E-state index is 0.819. The van der Waals surface area contributed by atoms with Crippen molar-refractivity contribution in [2.45, 2.75) is 6.42 Å². The number of hydrogen-bond donors (Lipinski definition) is 0. The zero-order valence-corrected chi connectivity index (χ0v) is 14.5. The molecule has 3 aliphatic rings. The lowest BCUT2D eigenvalue weighted by atomic mass is 10.1. The van der Waals surface area contributed by atoms with Gasteiger partial charge in [-0.05, 0) is 18.6 Å². The molecule has 0 saturated carbocycles. The van der Waals surface area contributed by atoms with Crippen LogP contribution in [0.25, 0.3) is 0 Å². The highest BCUT2D eigenvalue weighted by atomic mass is 15.3. The molecule has 0 amide bonds. The summed E-state index contributed by atoms with van der Waals surface area (Å²) in [5, 5.41) is 0. The Kier molecular flexibility index (Phi) is 4.77. The summed E-state index contributed by atoms with van der Waals surface area (Å²) in [6.07, 6.45) is 5.03. The number of fused-ring (bicyclic) bond motifs is 6. The minimum atomic E-state index is 0.819. The third-order valence-electron chi connectivity index (χ3n) is 4.87. The molecule has 5 rings (SSSR count). The lowest BCUT2D eigenvalue weighted by Gasteiger charge is -2.38. The first-order valence-electron chi connectivity index (χ1n) is 9.09. The summed E-state index contributed by atoms with van der Waals surface area (Å²) < 4.78 is 0. The fraction of sp³-hybridized carbons (Fsp3) is 0.333. The van der Waals surface area contributed by atoms with Gasteiger partial charge in [0.1, 0.15) is 0 Å². The van der Waals surface area contributed by atoms with Crippen LogP contribution in [0.5, 0.6) is 0 Å². The molecule has 3 heterocycles. The van der Waals surface area contributed by atoms with Crippen molar-refractivity contribution < 1.29 is 0 Å². The second-order valence-corrected chi connectivity index (χ2v) is 6.52. The quantitative estimate of drug-likeness (QED) is 0.741. The van der Waals surface area contributed by atoms with Crippen LogP contribution in [0.3, 0.4) is 0 Å². The van der Waals surface area contributed by atoms with E-state index in [1.807, 2.05) is 12.4 Å². The maximum absolute atomic E-state index is 4.61. The molecule has 0 aromatic heterocycles. The maximum Gasteiger partial charge on any atom is 0.0456 e. The summed E-state index contributed by atoms with van der Waals surface area (Å²) in [6, 6.07) is 17.2. The van der Waals surface area contributed by atoms with Gasteiger partial charge < -0.3 is 9.80 Å². The monoisotopic (exact) mass is 332 g/mol. The molecule has 25 heavy (non-hydrogen) atoms. The topological polar surface area (TPSA) is 31.2 Å². The van der Waals surface area contributed by atoms with E-state index < -0.39 is 0 Å². The second-order valence-electron chi connectivity index (χ2n) is 6.52. The van der Waals surface area contributed by atoms with Crippen molar-refractivity contribution in [3.05, 3.63) is 59.7 Å². The molecule has 0 aliphatic carbocycles. The molecular formula is C21H24N4. The maximum atomic E-state index is 4.61. The van der Waals surface area contributed by atoms with E-state index in [1.165, 1.54) is 22.5 Å². The molecule has 1 fully saturated rings. The van der Waals surface area contributed by atoms with Gasteiger partial charge in [-0.3, -0.25) is 9.98 Å². The van der Waals surface area contributed by atoms with Gasteiger partial charge in [0.2, 0.25) is 0 Å². The Morgan fingerprint density at radius 2 is 1.04 bits per heavy atom. The number of anilines is 2. The summed E-state index contributed by atoms with van der Waals surface area (Å²) in [6.45, 7) is 5.73. The van der Waals surface area contributed by atoms with Crippen LogP contribution in [0.4, 0.5) is 11.4 Å². The van der Waals surface area contributed by atoms with Gasteiger partial charge >= 0.3 is 0 Å². The lowest BCUT2D eigenvalue weighted by Crippen LogP contribution is -2.47. The number of rotatable bonds is 0. The minimum Gasteiger partial charge on any atom is -0.367 e. The third kappa shape index (κ3) is 3.58. The normalized spacial score (nSPS) is 17.6. The van der Waals surface area contributed by atoms with Crippen molar-refractivity contribution in [2.24, 2.45) is 9.98 Å². The van der Waals surface area contributed by atoms with Crippen molar-refractivity contribution in [1.29, 1.82) is 0 Å². The van der Waals surface area contributed by atoms with E-state index in [9.17, 15) is 0 Å². The van der Waals surface area contributed by atoms with E-state index in [2.05, 4.69) is 68.3 Å². The summed E-state index contributed by atoms with van der Waals surface area (Å²) in [7, 11) is 0. The Hall–Kier alpha value is -2.62. The van der Waals surface area contributed by atoms with E-state index in [0.717, 1.165) is 45.7 Å². The van der Waals surface area contributed by atoms with Gasteiger partial charge in [-0.15, -0.1) is 0 Å². The van der Waals surface area contributed by atoms with Gasteiger partial charge in [0.05, 0.1) is 0 Å². The average molecular weight is 332 g/mol.